The van der Waals surface area contributed by atoms with E-state index < -0.39 is 0 Å². The van der Waals surface area contributed by atoms with Crippen LogP contribution in [0.25, 0.3) is 0 Å². The van der Waals surface area contributed by atoms with Gasteiger partial charge < -0.3 is 14.8 Å². The number of nitrogens with zero attached hydrogens (tertiary/aromatic N) is 3. The predicted octanol–water partition coefficient (Wildman–Crippen LogP) is 4.26. The maximum absolute atomic E-state index is 12.4. The molecule has 1 amide bonds. The molecule has 0 fully saturated rings. The van der Waals surface area contributed by atoms with Crippen LogP contribution in [0.5, 0.6) is 11.5 Å². The van der Waals surface area contributed by atoms with Gasteiger partial charge in [-0.25, -0.2) is 0 Å². The Bertz CT molecular complexity index is 1120. The number of aromatic nitrogens is 1. The van der Waals surface area contributed by atoms with Crippen molar-refractivity contribution in [3.8, 4) is 11.5 Å². The molecule has 1 N–H and O–H groups in total. The van der Waals surface area contributed by atoms with E-state index in [0.29, 0.717) is 23.6 Å². The second-order valence-corrected chi connectivity index (χ2v) is 8.11. The zero-order valence-electron chi connectivity index (χ0n) is 17.9. The molecule has 164 valence electrons. The Morgan fingerprint density at radius 2 is 1.97 bits per heavy atom. The number of anilines is 1. The van der Waals surface area contributed by atoms with Crippen molar-refractivity contribution in [1.29, 1.82) is 0 Å². The lowest BCUT2D eigenvalue weighted by atomic mass is 10.1. The van der Waals surface area contributed by atoms with Crippen molar-refractivity contribution in [2.45, 2.75) is 6.54 Å². The third kappa shape index (κ3) is 5.20. The number of ether oxygens (including phenoxy) is 2. The molecule has 0 spiro atoms. The smallest absolute Gasteiger partial charge is 0.257 e. The average molecular weight is 449 g/mol. The molecule has 4 rings (SSSR count). The molecule has 0 saturated carbocycles. The predicted molar refractivity (Wildman–Crippen MR) is 128 cm³/mol. The molecule has 8 heteroatoms. The fourth-order valence-electron chi connectivity index (χ4n) is 3.37. The van der Waals surface area contributed by atoms with Gasteiger partial charge in [0, 0.05) is 29.4 Å². The van der Waals surface area contributed by atoms with Gasteiger partial charge in [-0.05, 0) is 48.0 Å². The number of pyridine rings is 1. The average Bonchev–Trinajstić information content (AvgIpc) is 2.84. The monoisotopic (exact) mass is 448 g/mol. The second-order valence-electron chi connectivity index (χ2n) is 7.15. The molecule has 0 aliphatic carbocycles. The normalized spacial score (nSPS) is 13.3. The van der Waals surface area contributed by atoms with Crippen LogP contribution in [0, 0.1) is 0 Å². The number of benzene rings is 2. The lowest BCUT2D eigenvalue weighted by molar-refractivity contribution is 0.102. The Labute approximate surface area is 191 Å². The summed E-state index contributed by atoms with van der Waals surface area (Å²) in [4.78, 5) is 16.4. The minimum atomic E-state index is -0.183. The molecule has 1 aliphatic rings. The van der Waals surface area contributed by atoms with Crippen LogP contribution in [0.4, 0.5) is 5.69 Å². The highest BCUT2D eigenvalue weighted by Gasteiger charge is 2.17. The Morgan fingerprint density at radius 3 is 2.75 bits per heavy atom. The van der Waals surface area contributed by atoms with E-state index in [1.165, 1.54) is 0 Å². The summed E-state index contributed by atoms with van der Waals surface area (Å²) in [6, 6.07) is 17.1. The van der Waals surface area contributed by atoms with Crippen LogP contribution in [-0.4, -0.2) is 47.5 Å². The van der Waals surface area contributed by atoms with Crippen LogP contribution in [0.3, 0.4) is 0 Å². The minimum absolute atomic E-state index is 0.183. The van der Waals surface area contributed by atoms with Gasteiger partial charge >= 0.3 is 0 Å². The molecule has 0 unspecified atom stereocenters. The van der Waals surface area contributed by atoms with Gasteiger partial charge in [-0.2, -0.15) is 5.10 Å². The van der Waals surface area contributed by atoms with Crippen LogP contribution in [0.2, 0.25) is 0 Å². The first-order valence-electron chi connectivity index (χ1n) is 10.1. The zero-order chi connectivity index (χ0) is 22.3. The SMILES string of the molecule is COc1ccc(C2=NN(Cc3cccc(NC(=O)c4cccnc4)c3)CSC2)cc1OC. The lowest BCUT2D eigenvalue weighted by Crippen LogP contribution is -2.25. The summed E-state index contributed by atoms with van der Waals surface area (Å²) in [5.74, 6) is 2.82. The highest BCUT2D eigenvalue weighted by Crippen LogP contribution is 2.29. The summed E-state index contributed by atoms with van der Waals surface area (Å²) >= 11 is 1.81. The first-order chi connectivity index (χ1) is 15.7. The summed E-state index contributed by atoms with van der Waals surface area (Å²) in [5, 5.41) is 9.81. The first kappa shape index (κ1) is 21.7. The molecule has 2 aromatic carbocycles. The standard InChI is InChI=1S/C24H24N4O3S/c1-30-22-9-8-18(12-23(22)31-2)21-15-32-16-28(27-21)14-17-5-3-7-20(11-17)26-24(29)19-6-4-10-25-13-19/h3-13H,14-16H2,1-2H3,(H,26,29). The van der Waals surface area contributed by atoms with E-state index in [9.17, 15) is 4.79 Å². The first-order valence-corrected chi connectivity index (χ1v) is 11.2. The third-order valence-electron chi connectivity index (χ3n) is 4.93. The van der Waals surface area contributed by atoms with E-state index in [4.69, 9.17) is 14.6 Å². The van der Waals surface area contributed by atoms with Crippen molar-refractivity contribution in [2.24, 2.45) is 5.10 Å². The van der Waals surface area contributed by atoms with Crippen molar-refractivity contribution in [3.05, 3.63) is 83.7 Å². The zero-order valence-corrected chi connectivity index (χ0v) is 18.8. The number of rotatable bonds is 7. The summed E-state index contributed by atoms with van der Waals surface area (Å²) in [6.07, 6.45) is 3.19. The van der Waals surface area contributed by atoms with Crippen LogP contribution >= 0.6 is 11.8 Å². The number of amides is 1. The van der Waals surface area contributed by atoms with Crippen LogP contribution in [-0.2, 0) is 6.54 Å². The fourth-order valence-corrected chi connectivity index (χ4v) is 4.24. The fraction of sp³-hybridized carbons (Fsp3) is 0.208. The number of hydrogen-bond donors (Lipinski definition) is 1. The van der Waals surface area contributed by atoms with Crippen LogP contribution < -0.4 is 14.8 Å². The summed E-state index contributed by atoms with van der Waals surface area (Å²) in [7, 11) is 3.26. The number of nitrogens with one attached hydrogen (secondary N) is 1. The lowest BCUT2D eigenvalue weighted by Gasteiger charge is -2.25. The molecule has 7 nitrogen and oxygen atoms in total. The molecule has 32 heavy (non-hydrogen) atoms. The van der Waals surface area contributed by atoms with Gasteiger partial charge in [0.15, 0.2) is 11.5 Å². The van der Waals surface area contributed by atoms with E-state index in [1.807, 2.05) is 59.2 Å². The number of methoxy groups -OCH3 is 2. The quantitative estimate of drug-likeness (QED) is 0.582. The van der Waals surface area contributed by atoms with Crippen molar-refractivity contribution in [3.63, 3.8) is 0 Å². The van der Waals surface area contributed by atoms with Crippen LogP contribution in [0.1, 0.15) is 21.5 Å². The molecule has 1 aliphatic heterocycles. The molecule has 0 saturated heterocycles. The Hall–Kier alpha value is -3.52. The molecule has 2 heterocycles. The highest BCUT2D eigenvalue weighted by molar-refractivity contribution is 8.00. The molecule has 1 aromatic heterocycles. The van der Waals surface area contributed by atoms with Gasteiger partial charge in [-0.15, -0.1) is 11.8 Å². The molecule has 0 bridgehead atoms. The van der Waals surface area contributed by atoms with Gasteiger partial charge in [0.25, 0.3) is 5.91 Å². The number of hydrazone groups is 1. The topological polar surface area (TPSA) is 76.0 Å². The number of thioether (sulfide) groups is 1. The Kier molecular flexibility index (Phi) is 6.91. The van der Waals surface area contributed by atoms with E-state index in [2.05, 4.69) is 10.3 Å². The minimum Gasteiger partial charge on any atom is -0.493 e. The van der Waals surface area contributed by atoms with E-state index >= 15 is 0 Å². The van der Waals surface area contributed by atoms with Gasteiger partial charge in [0.2, 0.25) is 0 Å². The van der Waals surface area contributed by atoms with Crippen molar-refractivity contribution in [2.75, 3.05) is 31.2 Å². The second kappa shape index (κ2) is 10.2. The van der Waals surface area contributed by atoms with Crippen molar-refractivity contribution >= 4 is 29.1 Å². The van der Waals surface area contributed by atoms with Crippen LogP contribution in [0.15, 0.2) is 72.1 Å². The summed E-state index contributed by atoms with van der Waals surface area (Å²) in [5.41, 5.74) is 4.33. The van der Waals surface area contributed by atoms with Gasteiger partial charge in [-0.3, -0.25) is 14.8 Å². The van der Waals surface area contributed by atoms with Gasteiger partial charge in [0.05, 0.1) is 37.9 Å². The van der Waals surface area contributed by atoms with E-state index in [-0.39, 0.29) is 5.91 Å². The third-order valence-corrected chi connectivity index (χ3v) is 5.89. The highest BCUT2D eigenvalue weighted by atomic mass is 32.2. The maximum atomic E-state index is 12.4. The number of carbonyl (C=O) groups is 1. The largest absolute Gasteiger partial charge is 0.493 e. The number of carbonyl (C=O) groups excluding carboxylic acids is 1. The molecule has 0 atom stereocenters. The maximum Gasteiger partial charge on any atom is 0.257 e. The number of hydrogen-bond acceptors (Lipinski definition) is 7. The Morgan fingerprint density at radius 1 is 1.09 bits per heavy atom. The van der Waals surface area contributed by atoms with Gasteiger partial charge in [-0.1, -0.05) is 12.1 Å². The molecule has 3 aromatic rings. The van der Waals surface area contributed by atoms with Crippen molar-refractivity contribution < 1.29 is 14.3 Å². The van der Waals surface area contributed by atoms with E-state index in [0.717, 1.165) is 34.2 Å². The van der Waals surface area contributed by atoms with E-state index in [1.54, 1.807) is 38.7 Å². The molecular weight excluding hydrogens is 424 g/mol. The molecule has 0 radical (unpaired) electrons. The van der Waals surface area contributed by atoms with Gasteiger partial charge in [0.1, 0.15) is 0 Å². The Balaban J connectivity index is 1.47. The summed E-state index contributed by atoms with van der Waals surface area (Å²) < 4.78 is 10.8. The summed E-state index contributed by atoms with van der Waals surface area (Å²) in [6.45, 7) is 0.639. The molecular formula is C24H24N4O3S. The van der Waals surface area contributed by atoms with Crippen molar-refractivity contribution in [1.82, 2.24) is 9.99 Å².